The van der Waals surface area contributed by atoms with E-state index < -0.39 is 0 Å². The van der Waals surface area contributed by atoms with Crippen molar-refractivity contribution in [3.8, 4) is 0 Å². The molecular weight excluding hydrogens is 330 g/mol. The highest BCUT2D eigenvalue weighted by Crippen LogP contribution is 2.41. The Kier molecular flexibility index (Phi) is 3.18. The smallest absolute Gasteiger partial charge is 0.137 e. The van der Waals surface area contributed by atoms with Gasteiger partial charge in [-0.3, -0.25) is 0 Å². The van der Waals surface area contributed by atoms with Gasteiger partial charge in [-0.05, 0) is 58.9 Å². The van der Waals surface area contributed by atoms with Gasteiger partial charge in [0.25, 0.3) is 0 Å². The molecule has 0 atom stereocenters. The molecule has 1 fully saturated rings. The number of nitrogens with one attached hydrogen (secondary N) is 1. The normalized spacial score (nSPS) is 17.0. The third-order valence-corrected chi connectivity index (χ3v) is 6.26. The summed E-state index contributed by atoms with van der Waals surface area (Å²) in [4.78, 5) is 10.4. The molecule has 0 saturated carbocycles. The van der Waals surface area contributed by atoms with E-state index in [0.717, 1.165) is 18.7 Å². The van der Waals surface area contributed by atoms with Crippen LogP contribution in [-0.4, -0.2) is 28.0 Å². The van der Waals surface area contributed by atoms with Crippen molar-refractivity contribution in [1.29, 1.82) is 0 Å². The molecule has 132 valence electrons. The number of piperidine rings is 1. The lowest BCUT2D eigenvalue weighted by atomic mass is 9.89. The molecule has 1 saturated heterocycles. The lowest BCUT2D eigenvalue weighted by Crippen LogP contribution is -2.31. The Hall–Kier alpha value is -3.07. The molecule has 27 heavy (non-hydrogen) atoms. The molecule has 0 unspecified atom stereocenters. The predicted molar refractivity (Wildman–Crippen MR) is 111 cm³/mol. The van der Waals surface area contributed by atoms with Gasteiger partial charge in [0.2, 0.25) is 0 Å². The molecule has 0 bridgehead atoms. The highest BCUT2D eigenvalue weighted by molar-refractivity contribution is 6.08. The summed E-state index contributed by atoms with van der Waals surface area (Å²) in [6.07, 6.45) is 8.78. The quantitative estimate of drug-likeness (QED) is 0.524. The maximum Gasteiger partial charge on any atom is 0.137 e. The lowest BCUT2D eigenvalue weighted by Gasteiger charge is -2.34. The number of benzene rings is 2. The number of aromatic nitrogens is 2. The molecule has 3 heteroatoms. The first kappa shape index (κ1) is 15.0. The first-order valence-corrected chi connectivity index (χ1v) is 9.79. The van der Waals surface area contributed by atoms with Crippen LogP contribution in [0.15, 0.2) is 60.9 Å². The average molecular weight is 351 g/mol. The second kappa shape index (κ2) is 5.71. The van der Waals surface area contributed by atoms with Crippen LogP contribution < -0.4 is 0 Å². The van der Waals surface area contributed by atoms with Gasteiger partial charge in [-0.15, -0.1) is 0 Å². The summed E-state index contributed by atoms with van der Waals surface area (Å²) in [6, 6.07) is 17.5. The minimum atomic E-state index is 0.611. The Morgan fingerprint density at radius 2 is 1.81 bits per heavy atom. The van der Waals surface area contributed by atoms with E-state index in [1.54, 1.807) is 0 Å². The number of aromatic amines is 1. The standard InChI is InChI=1S/C24H21N3/c1-4-17-5-2-7-20-22(14-18(6-1)23(17)20)27-12-9-16(10-13-27)21-15-26-24-19(21)8-3-11-25-24/h1-8,11,14-16H,9-10,12-13H2,(H,25,26). The molecule has 4 aromatic rings. The molecule has 0 radical (unpaired) electrons. The third kappa shape index (κ3) is 2.24. The molecule has 2 aromatic carbocycles. The van der Waals surface area contributed by atoms with Crippen molar-refractivity contribution >= 4 is 33.6 Å². The molecule has 1 N–H and O–H groups in total. The van der Waals surface area contributed by atoms with Crippen molar-refractivity contribution in [3.63, 3.8) is 0 Å². The van der Waals surface area contributed by atoms with E-state index in [9.17, 15) is 0 Å². The number of rotatable bonds is 2. The second-order valence-electron chi connectivity index (χ2n) is 7.69. The van der Waals surface area contributed by atoms with Crippen LogP contribution >= 0.6 is 0 Å². The summed E-state index contributed by atoms with van der Waals surface area (Å²) in [5.41, 5.74) is 6.61. The Labute approximate surface area is 158 Å². The number of fused-ring (bicyclic) bond motifs is 1. The monoisotopic (exact) mass is 351 g/mol. The van der Waals surface area contributed by atoms with E-state index in [-0.39, 0.29) is 0 Å². The van der Waals surface area contributed by atoms with Gasteiger partial charge in [0.1, 0.15) is 5.65 Å². The van der Waals surface area contributed by atoms with Crippen LogP contribution in [-0.2, 0) is 0 Å². The highest BCUT2D eigenvalue weighted by Gasteiger charge is 2.27. The fourth-order valence-corrected chi connectivity index (χ4v) is 4.94. The summed E-state index contributed by atoms with van der Waals surface area (Å²) in [5.74, 6) is 0.611. The van der Waals surface area contributed by atoms with E-state index in [4.69, 9.17) is 0 Å². The molecule has 0 spiro atoms. The predicted octanol–water partition coefficient (Wildman–Crippen LogP) is 5.41. The first-order valence-electron chi connectivity index (χ1n) is 9.79. The number of H-pyrrole nitrogens is 1. The fraction of sp³-hybridized carbons (Fsp3) is 0.208. The van der Waals surface area contributed by atoms with Gasteiger partial charge in [0, 0.05) is 42.1 Å². The topological polar surface area (TPSA) is 31.9 Å². The summed E-state index contributed by atoms with van der Waals surface area (Å²) < 4.78 is 0. The summed E-state index contributed by atoms with van der Waals surface area (Å²) >= 11 is 0. The Balaban J connectivity index is 1.28. The van der Waals surface area contributed by atoms with E-state index in [1.165, 1.54) is 51.4 Å². The van der Waals surface area contributed by atoms with Crippen LogP contribution in [0.2, 0.25) is 0 Å². The van der Waals surface area contributed by atoms with E-state index in [0.29, 0.717) is 5.92 Å². The van der Waals surface area contributed by atoms with Crippen LogP contribution in [0.3, 0.4) is 0 Å². The second-order valence-corrected chi connectivity index (χ2v) is 7.69. The largest absolute Gasteiger partial charge is 0.371 e. The van der Waals surface area contributed by atoms with Crippen molar-refractivity contribution in [3.05, 3.63) is 77.6 Å². The van der Waals surface area contributed by atoms with Crippen molar-refractivity contribution in [2.45, 2.75) is 18.8 Å². The number of likely N-dealkylation sites (tertiary alicyclic amines) is 1. The number of hydrogen-bond donors (Lipinski definition) is 1. The maximum atomic E-state index is 4.44. The molecule has 2 aliphatic rings. The van der Waals surface area contributed by atoms with E-state index in [2.05, 4.69) is 69.6 Å². The average Bonchev–Trinajstić information content (AvgIpc) is 3.32. The molecule has 6 rings (SSSR count). The molecular formula is C24H21N3. The summed E-state index contributed by atoms with van der Waals surface area (Å²) in [7, 11) is 0. The minimum Gasteiger partial charge on any atom is -0.371 e. The van der Waals surface area contributed by atoms with Crippen LogP contribution in [0, 0.1) is 0 Å². The fourth-order valence-electron chi connectivity index (χ4n) is 4.94. The Bertz CT molecular complexity index is 1190. The summed E-state index contributed by atoms with van der Waals surface area (Å²) in [5, 5.41) is 4.05. The lowest BCUT2D eigenvalue weighted by molar-refractivity contribution is 0.301. The van der Waals surface area contributed by atoms with Crippen LogP contribution in [0.1, 0.15) is 35.4 Å². The molecule has 3 heterocycles. The number of nitrogens with zero attached hydrogens (tertiary/aromatic N) is 2. The van der Waals surface area contributed by atoms with Gasteiger partial charge in [0.05, 0.1) is 0 Å². The number of pyridine rings is 1. The Morgan fingerprint density at radius 1 is 0.963 bits per heavy atom. The van der Waals surface area contributed by atoms with Gasteiger partial charge in [-0.25, -0.2) is 4.98 Å². The van der Waals surface area contributed by atoms with Gasteiger partial charge < -0.3 is 9.88 Å². The third-order valence-electron chi connectivity index (χ3n) is 6.26. The SMILES string of the molecule is C1=C(N2CCC(c3c[nH]c4ncccc34)CC2)c2cccc3cccc1c23. The van der Waals surface area contributed by atoms with Crippen molar-refractivity contribution < 1.29 is 0 Å². The molecule has 1 aliphatic carbocycles. The zero-order valence-electron chi connectivity index (χ0n) is 15.2. The van der Waals surface area contributed by atoms with Crippen molar-refractivity contribution in [2.75, 3.05) is 13.1 Å². The first-order chi connectivity index (χ1) is 13.4. The molecule has 3 nitrogen and oxygen atoms in total. The molecule has 0 amide bonds. The van der Waals surface area contributed by atoms with Crippen molar-refractivity contribution in [1.82, 2.24) is 14.9 Å². The zero-order valence-corrected chi connectivity index (χ0v) is 15.2. The molecule has 1 aliphatic heterocycles. The minimum absolute atomic E-state index is 0.611. The number of hydrogen-bond acceptors (Lipinski definition) is 2. The van der Waals surface area contributed by atoms with E-state index >= 15 is 0 Å². The summed E-state index contributed by atoms with van der Waals surface area (Å²) in [6.45, 7) is 2.21. The van der Waals surface area contributed by atoms with Gasteiger partial charge in [0.15, 0.2) is 0 Å². The van der Waals surface area contributed by atoms with Gasteiger partial charge >= 0.3 is 0 Å². The van der Waals surface area contributed by atoms with Crippen LogP contribution in [0.4, 0.5) is 0 Å². The van der Waals surface area contributed by atoms with Crippen molar-refractivity contribution in [2.24, 2.45) is 0 Å². The zero-order chi connectivity index (χ0) is 17.8. The molecule has 2 aromatic heterocycles. The van der Waals surface area contributed by atoms with Gasteiger partial charge in [-0.1, -0.05) is 36.4 Å². The van der Waals surface area contributed by atoms with E-state index in [1.807, 2.05) is 12.3 Å². The van der Waals surface area contributed by atoms with Crippen LogP contribution in [0.25, 0.3) is 33.6 Å². The highest BCUT2D eigenvalue weighted by atomic mass is 15.1. The Morgan fingerprint density at radius 3 is 2.70 bits per heavy atom. The maximum absolute atomic E-state index is 4.44. The van der Waals surface area contributed by atoms with Gasteiger partial charge in [-0.2, -0.15) is 0 Å². The van der Waals surface area contributed by atoms with Crippen LogP contribution in [0.5, 0.6) is 0 Å².